The first kappa shape index (κ1) is 18.9. The van der Waals surface area contributed by atoms with E-state index < -0.39 is 0 Å². The smallest absolute Gasteiger partial charge is 0.241 e. The molecule has 0 atom stereocenters. The Bertz CT molecular complexity index is 737. The van der Waals surface area contributed by atoms with E-state index in [9.17, 15) is 4.79 Å². The van der Waals surface area contributed by atoms with Gasteiger partial charge in [0.25, 0.3) is 0 Å². The molecule has 1 aliphatic rings. The standard InChI is InChI=1S/C19H25ClN4O2/c1-3-24(4-2)19(25)14-9-11-23(12-10-14)13-17-21-18(22-26-17)15-7-5-6-8-16(15)20/h5-8,14H,3-4,9-13H2,1-2H3. The molecular formula is C19H25ClN4O2. The lowest BCUT2D eigenvalue weighted by Crippen LogP contribution is -2.42. The van der Waals surface area contributed by atoms with Crippen molar-refractivity contribution in [2.24, 2.45) is 5.92 Å². The summed E-state index contributed by atoms with van der Waals surface area (Å²) in [4.78, 5) is 21.1. The van der Waals surface area contributed by atoms with E-state index in [0.29, 0.717) is 23.3 Å². The Morgan fingerprint density at radius 3 is 2.62 bits per heavy atom. The summed E-state index contributed by atoms with van der Waals surface area (Å²) in [5, 5.41) is 4.65. The van der Waals surface area contributed by atoms with Gasteiger partial charge in [0.15, 0.2) is 0 Å². The van der Waals surface area contributed by atoms with Crippen molar-refractivity contribution in [3.05, 3.63) is 35.2 Å². The van der Waals surface area contributed by atoms with Crippen molar-refractivity contribution in [2.45, 2.75) is 33.2 Å². The van der Waals surface area contributed by atoms with Crippen LogP contribution in [0.5, 0.6) is 0 Å². The summed E-state index contributed by atoms with van der Waals surface area (Å²) in [6.45, 7) is 7.95. The molecule has 6 nitrogen and oxygen atoms in total. The van der Waals surface area contributed by atoms with Crippen LogP contribution in [0, 0.1) is 5.92 Å². The van der Waals surface area contributed by atoms with Crippen molar-refractivity contribution in [2.75, 3.05) is 26.2 Å². The fourth-order valence-electron chi connectivity index (χ4n) is 3.39. The van der Waals surface area contributed by atoms with E-state index in [-0.39, 0.29) is 11.8 Å². The number of carbonyl (C=O) groups is 1. The molecule has 0 spiro atoms. The Morgan fingerprint density at radius 2 is 1.96 bits per heavy atom. The Hall–Kier alpha value is -1.92. The molecule has 1 saturated heterocycles. The minimum Gasteiger partial charge on any atom is -0.343 e. The zero-order chi connectivity index (χ0) is 18.5. The van der Waals surface area contributed by atoms with Crippen LogP contribution >= 0.6 is 11.6 Å². The van der Waals surface area contributed by atoms with Crippen LogP contribution in [0.3, 0.4) is 0 Å². The van der Waals surface area contributed by atoms with Crippen molar-refractivity contribution in [1.82, 2.24) is 19.9 Å². The fraction of sp³-hybridized carbons (Fsp3) is 0.526. The lowest BCUT2D eigenvalue weighted by atomic mass is 9.95. The maximum atomic E-state index is 12.5. The molecule has 0 radical (unpaired) electrons. The number of rotatable bonds is 6. The zero-order valence-electron chi connectivity index (χ0n) is 15.3. The third-order valence-corrected chi connectivity index (χ3v) is 5.28. The fourth-order valence-corrected chi connectivity index (χ4v) is 3.61. The molecule has 26 heavy (non-hydrogen) atoms. The van der Waals surface area contributed by atoms with E-state index in [0.717, 1.165) is 44.6 Å². The van der Waals surface area contributed by atoms with E-state index in [4.69, 9.17) is 16.1 Å². The number of benzene rings is 1. The van der Waals surface area contributed by atoms with Gasteiger partial charge < -0.3 is 9.42 Å². The highest BCUT2D eigenvalue weighted by Crippen LogP contribution is 2.26. The number of nitrogens with zero attached hydrogens (tertiary/aromatic N) is 4. The number of carbonyl (C=O) groups excluding carboxylic acids is 1. The lowest BCUT2D eigenvalue weighted by Gasteiger charge is -2.32. The lowest BCUT2D eigenvalue weighted by molar-refractivity contribution is -0.136. The number of likely N-dealkylation sites (tertiary alicyclic amines) is 1. The molecule has 0 saturated carbocycles. The van der Waals surface area contributed by atoms with Gasteiger partial charge in [0.1, 0.15) is 0 Å². The number of hydrogen-bond acceptors (Lipinski definition) is 5. The first-order chi connectivity index (χ1) is 12.6. The van der Waals surface area contributed by atoms with Crippen molar-refractivity contribution in [1.29, 1.82) is 0 Å². The number of aromatic nitrogens is 2. The average Bonchev–Trinajstić information content (AvgIpc) is 3.12. The highest BCUT2D eigenvalue weighted by atomic mass is 35.5. The van der Waals surface area contributed by atoms with Crippen molar-refractivity contribution in [3.8, 4) is 11.4 Å². The van der Waals surface area contributed by atoms with Gasteiger partial charge in [-0.2, -0.15) is 4.98 Å². The van der Waals surface area contributed by atoms with Gasteiger partial charge in [0.05, 0.1) is 11.6 Å². The van der Waals surface area contributed by atoms with Crippen LogP contribution in [-0.4, -0.2) is 52.0 Å². The van der Waals surface area contributed by atoms with E-state index in [1.807, 2.05) is 43.0 Å². The molecule has 1 aromatic carbocycles. The summed E-state index contributed by atoms with van der Waals surface area (Å²) in [7, 11) is 0. The molecule has 1 aliphatic heterocycles. The number of hydrogen-bond donors (Lipinski definition) is 0. The minimum atomic E-state index is 0.132. The molecule has 3 rings (SSSR count). The Labute approximate surface area is 159 Å². The van der Waals surface area contributed by atoms with Crippen LogP contribution in [0.1, 0.15) is 32.6 Å². The summed E-state index contributed by atoms with van der Waals surface area (Å²) in [5.74, 6) is 1.51. The molecule has 2 heterocycles. The van der Waals surface area contributed by atoms with Gasteiger partial charge in [-0.25, -0.2) is 0 Å². The maximum absolute atomic E-state index is 12.5. The number of amides is 1. The van der Waals surface area contributed by atoms with Gasteiger partial charge in [0, 0.05) is 24.6 Å². The predicted octanol–water partition coefficient (Wildman–Crippen LogP) is 3.47. The van der Waals surface area contributed by atoms with Gasteiger partial charge in [-0.05, 0) is 51.9 Å². The Balaban J connectivity index is 1.56. The molecule has 1 fully saturated rings. The molecule has 2 aromatic rings. The van der Waals surface area contributed by atoms with E-state index >= 15 is 0 Å². The second-order valence-electron chi connectivity index (χ2n) is 6.55. The quantitative estimate of drug-likeness (QED) is 0.772. The average molecular weight is 377 g/mol. The SMILES string of the molecule is CCN(CC)C(=O)C1CCN(Cc2nc(-c3ccccc3Cl)no2)CC1. The van der Waals surface area contributed by atoms with Crippen molar-refractivity contribution >= 4 is 17.5 Å². The first-order valence-electron chi connectivity index (χ1n) is 9.21. The van der Waals surface area contributed by atoms with Crippen LogP contribution in [0.25, 0.3) is 11.4 Å². The summed E-state index contributed by atoms with van der Waals surface area (Å²) in [6, 6.07) is 7.46. The molecule has 1 aromatic heterocycles. The first-order valence-corrected chi connectivity index (χ1v) is 9.58. The van der Waals surface area contributed by atoms with Gasteiger partial charge in [-0.3, -0.25) is 9.69 Å². The highest BCUT2D eigenvalue weighted by molar-refractivity contribution is 6.33. The number of halogens is 1. The van der Waals surface area contributed by atoms with Gasteiger partial charge in [-0.15, -0.1) is 0 Å². The van der Waals surface area contributed by atoms with Crippen LogP contribution < -0.4 is 0 Å². The highest BCUT2D eigenvalue weighted by Gasteiger charge is 2.28. The topological polar surface area (TPSA) is 62.5 Å². The van der Waals surface area contributed by atoms with E-state index in [1.165, 1.54) is 0 Å². The summed E-state index contributed by atoms with van der Waals surface area (Å²) < 4.78 is 5.39. The summed E-state index contributed by atoms with van der Waals surface area (Å²) in [5.41, 5.74) is 0.771. The molecule has 140 valence electrons. The maximum Gasteiger partial charge on any atom is 0.241 e. The van der Waals surface area contributed by atoms with Crippen LogP contribution in [0.15, 0.2) is 28.8 Å². The molecule has 0 N–H and O–H groups in total. The van der Waals surface area contributed by atoms with E-state index in [1.54, 1.807) is 0 Å². The van der Waals surface area contributed by atoms with Crippen molar-refractivity contribution in [3.63, 3.8) is 0 Å². The molecule has 1 amide bonds. The Morgan fingerprint density at radius 1 is 1.27 bits per heavy atom. The zero-order valence-corrected chi connectivity index (χ0v) is 16.1. The van der Waals surface area contributed by atoms with Gasteiger partial charge in [0.2, 0.25) is 17.6 Å². The molecule has 7 heteroatoms. The predicted molar refractivity (Wildman–Crippen MR) is 101 cm³/mol. The van der Waals surface area contributed by atoms with Crippen LogP contribution in [-0.2, 0) is 11.3 Å². The monoisotopic (exact) mass is 376 g/mol. The minimum absolute atomic E-state index is 0.132. The summed E-state index contributed by atoms with van der Waals surface area (Å²) in [6.07, 6.45) is 1.75. The third kappa shape index (κ3) is 4.24. The van der Waals surface area contributed by atoms with E-state index in [2.05, 4.69) is 15.0 Å². The van der Waals surface area contributed by atoms with Crippen molar-refractivity contribution < 1.29 is 9.32 Å². The second kappa shape index (κ2) is 8.64. The largest absolute Gasteiger partial charge is 0.343 e. The summed E-state index contributed by atoms with van der Waals surface area (Å²) >= 11 is 6.19. The number of piperidine rings is 1. The normalized spacial score (nSPS) is 16.0. The molecule has 0 aliphatic carbocycles. The second-order valence-corrected chi connectivity index (χ2v) is 6.96. The third-order valence-electron chi connectivity index (χ3n) is 4.95. The van der Waals surface area contributed by atoms with Crippen LogP contribution in [0.2, 0.25) is 5.02 Å². The Kier molecular flexibility index (Phi) is 6.27. The molecular weight excluding hydrogens is 352 g/mol. The molecule has 0 unspecified atom stereocenters. The van der Waals surface area contributed by atoms with Crippen LogP contribution in [0.4, 0.5) is 0 Å². The van der Waals surface area contributed by atoms with Gasteiger partial charge in [-0.1, -0.05) is 28.9 Å². The van der Waals surface area contributed by atoms with Gasteiger partial charge >= 0.3 is 0 Å². The molecule has 0 bridgehead atoms.